The van der Waals surface area contributed by atoms with E-state index in [1.165, 1.54) is 48.6 Å². The largest absolute Gasteiger partial charge is 1.00 e. The molecule has 1 unspecified atom stereocenters. The molecule has 2 aliphatic carbocycles. The monoisotopic (exact) mass is 697 g/mol. The van der Waals surface area contributed by atoms with E-state index in [4.69, 9.17) is 16.4 Å². The number of thioether (sulfide) groups is 1. The minimum absolute atomic E-state index is 0. The fourth-order valence-corrected chi connectivity index (χ4v) is 6.57. The van der Waals surface area contributed by atoms with Gasteiger partial charge in [-0.2, -0.15) is 0 Å². The second-order valence-corrected chi connectivity index (χ2v) is 14.2. The zero-order chi connectivity index (χ0) is 33.8. The van der Waals surface area contributed by atoms with Crippen LogP contribution in [0.3, 0.4) is 0 Å². The Morgan fingerprint density at radius 3 is 2.11 bits per heavy atom. The number of halogens is 1. The molecule has 2 fully saturated rings. The molecular formula is C38H61ClKN3O2S. The van der Waals surface area contributed by atoms with Crippen LogP contribution < -0.4 is 62.0 Å². The molecule has 0 aliphatic heterocycles. The normalized spacial score (nSPS) is 18.6. The van der Waals surface area contributed by atoms with Crippen LogP contribution in [0.1, 0.15) is 103 Å². The van der Waals surface area contributed by atoms with Gasteiger partial charge in [0.2, 0.25) is 0 Å². The number of fused-ring (bicyclic) bond motifs is 2. The molecule has 0 heterocycles. The number of allylic oxidation sites excluding steroid dienone is 1. The van der Waals surface area contributed by atoms with Gasteiger partial charge in [-0.05, 0) is 145 Å². The van der Waals surface area contributed by atoms with Crippen LogP contribution in [0.25, 0.3) is 5.48 Å². The number of nitrogens with one attached hydrogen (secondary N) is 2. The molecule has 2 bridgehead atoms. The molecule has 0 spiro atoms. The van der Waals surface area contributed by atoms with Crippen LogP contribution in [0.5, 0.6) is 0 Å². The molecular weight excluding hydrogens is 637 g/mol. The standard InChI is InChI=1S/C20H31ClN3O2S.C8H14.C8H10.C2H6.K/c1-6-17(27-18-9-8-16(21)13-15(18)4)20(25)23-19(12-14(2)3)24-26-11-7-10-22-5;1-8-4-2-7(6-8)3-5-8;1-7-5-3-4-6-8(7)2;1-2;/h6,8-9,13-14,19,22H,7,10-12H2,1-5H3,(H,23,25);7H,2-6H2,1H3;3-6H,1-2H3;1-2H3;/q-1;;;;+1/b17-6-;;;;. The van der Waals surface area contributed by atoms with Crippen LogP contribution in [-0.4, -0.2) is 32.3 Å². The number of rotatable bonds is 12. The summed E-state index contributed by atoms with van der Waals surface area (Å²) >= 11 is 7.44. The van der Waals surface area contributed by atoms with E-state index in [1.807, 2.05) is 59.0 Å². The third-order valence-corrected chi connectivity index (χ3v) is 9.77. The summed E-state index contributed by atoms with van der Waals surface area (Å²) in [6.07, 6.45) is 10.7. The summed E-state index contributed by atoms with van der Waals surface area (Å²) in [6.45, 7) is 20.1. The summed E-state index contributed by atoms with van der Waals surface area (Å²) in [5.74, 6) is 1.38. The summed E-state index contributed by atoms with van der Waals surface area (Å²) in [6, 6.07) is 14.0. The van der Waals surface area contributed by atoms with E-state index < -0.39 is 0 Å². The summed E-state index contributed by atoms with van der Waals surface area (Å²) in [5.41, 5.74) is 8.80. The van der Waals surface area contributed by atoms with E-state index in [-0.39, 0.29) is 63.5 Å². The van der Waals surface area contributed by atoms with Gasteiger partial charge in [-0.15, -0.1) is 0 Å². The first-order chi connectivity index (χ1) is 21.5. The van der Waals surface area contributed by atoms with Gasteiger partial charge >= 0.3 is 51.4 Å². The van der Waals surface area contributed by atoms with Crippen LogP contribution in [-0.2, 0) is 9.63 Å². The number of hydrogen-bond donors (Lipinski definition) is 2. The molecule has 2 aromatic carbocycles. The maximum atomic E-state index is 12.7. The van der Waals surface area contributed by atoms with Crippen molar-refractivity contribution in [2.75, 3.05) is 20.2 Å². The minimum atomic E-state index is -0.367. The van der Waals surface area contributed by atoms with E-state index in [0.717, 1.165) is 41.2 Å². The van der Waals surface area contributed by atoms with Crippen LogP contribution >= 0.6 is 23.4 Å². The fourth-order valence-electron chi connectivity index (χ4n) is 5.48. The Labute approximate surface area is 334 Å². The first-order valence-corrected chi connectivity index (χ1v) is 18.1. The van der Waals surface area contributed by atoms with Crippen molar-refractivity contribution in [2.45, 2.75) is 118 Å². The molecule has 46 heavy (non-hydrogen) atoms. The maximum Gasteiger partial charge on any atom is 1.00 e. The third-order valence-electron chi connectivity index (χ3n) is 8.22. The first-order valence-electron chi connectivity index (χ1n) is 16.9. The number of benzene rings is 2. The van der Waals surface area contributed by atoms with Crippen molar-refractivity contribution in [3.05, 3.63) is 80.6 Å². The molecule has 1 amide bonds. The third kappa shape index (κ3) is 18.5. The zero-order valence-corrected chi connectivity index (χ0v) is 35.5. The van der Waals surface area contributed by atoms with Crippen molar-refractivity contribution in [1.82, 2.24) is 10.6 Å². The Morgan fingerprint density at radius 2 is 1.70 bits per heavy atom. The summed E-state index contributed by atoms with van der Waals surface area (Å²) < 4.78 is 0. The molecule has 4 rings (SSSR count). The molecule has 0 radical (unpaired) electrons. The Hall–Kier alpha value is -0.194. The number of carbonyl (C=O) groups excluding carboxylic acids is 1. The molecule has 254 valence electrons. The van der Waals surface area contributed by atoms with Crippen LogP contribution in [0.15, 0.2) is 58.3 Å². The predicted octanol–water partition coefficient (Wildman–Crippen LogP) is 7.97. The van der Waals surface area contributed by atoms with Gasteiger partial charge in [-0.1, -0.05) is 88.3 Å². The predicted molar refractivity (Wildman–Crippen MR) is 197 cm³/mol. The summed E-state index contributed by atoms with van der Waals surface area (Å²) in [7, 11) is 1.90. The van der Waals surface area contributed by atoms with Crippen molar-refractivity contribution in [1.29, 1.82) is 0 Å². The van der Waals surface area contributed by atoms with E-state index in [2.05, 4.69) is 75.0 Å². The number of aryl methyl sites for hydroxylation is 3. The van der Waals surface area contributed by atoms with Gasteiger partial charge < -0.3 is 21.0 Å². The number of hydroxylamine groups is 1. The Balaban J connectivity index is 0.000000851. The number of amides is 1. The average molecular weight is 699 g/mol. The molecule has 2 aliphatic rings. The van der Waals surface area contributed by atoms with Crippen molar-refractivity contribution in [2.24, 2.45) is 17.3 Å². The molecule has 2 saturated carbocycles. The van der Waals surface area contributed by atoms with Gasteiger partial charge in [0.05, 0.1) is 4.91 Å². The molecule has 0 saturated heterocycles. The fraction of sp³-hybridized carbons (Fsp3) is 0.605. The molecule has 1 atom stereocenters. The van der Waals surface area contributed by atoms with Crippen molar-refractivity contribution in [3.63, 3.8) is 0 Å². The van der Waals surface area contributed by atoms with Crippen LogP contribution in [0.4, 0.5) is 0 Å². The topological polar surface area (TPSA) is 64.5 Å². The van der Waals surface area contributed by atoms with Crippen LogP contribution in [0, 0.1) is 38.0 Å². The summed E-state index contributed by atoms with van der Waals surface area (Å²) in [4.78, 5) is 19.8. The van der Waals surface area contributed by atoms with E-state index in [1.54, 1.807) is 6.42 Å². The van der Waals surface area contributed by atoms with E-state index in [0.29, 0.717) is 22.5 Å². The molecule has 0 aromatic heterocycles. The Kier molecular flexibility index (Phi) is 25.6. The minimum Gasteiger partial charge on any atom is -0.514 e. The first kappa shape index (κ1) is 45.8. The molecule has 5 nitrogen and oxygen atoms in total. The molecule has 2 N–H and O–H groups in total. The van der Waals surface area contributed by atoms with E-state index in [9.17, 15) is 4.79 Å². The molecule has 8 heteroatoms. The number of hydrogen-bond acceptors (Lipinski definition) is 4. The summed E-state index contributed by atoms with van der Waals surface area (Å²) in [5, 5.41) is 6.73. The Morgan fingerprint density at radius 1 is 1.09 bits per heavy atom. The number of nitrogens with zero attached hydrogens (tertiary/aromatic N) is 1. The van der Waals surface area contributed by atoms with Crippen LogP contribution in [0.2, 0.25) is 5.02 Å². The van der Waals surface area contributed by atoms with Gasteiger partial charge in [0.1, 0.15) is 0 Å². The number of carbonyl (C=O) groups is 1. The van der Waals surface area contributed by atoms with Crippen molar-refractivity contribution < 1.29 is 61.0 Å². The van der Waals surface area contributed by atoms with Gasteiger partial charge in [0.25, 0.3) is 5.91 Å². The maximum absolute atomic E-state index is 12.7. The van der Waals surface area contributed by atoms with Gasteiger partial charge in [0, 0.05) is 16.5 Å². The zero-order valence-electron chi connectivity index (χ0n) is 30.8. The van der Waals surface area contributed by atoms with Gasteiger partial charge in [-0.3, -0.25) is 4.79 Å². The van der Waals surface area contributed by atoms with Crippen molar-refractivity contribution >= 4 is 29.3 Å². The average Bonchev–Trinajstić information content (AvgIpc) is 3.58. The quantitative estimate of drug-likeness (QED) is 0.0777. The smallest absolute Gasteiger partial charge is 0.514 e. The van der Waals surface area contributed by atoms with Gasteiger partial charge in [-0.25, -0.2) is 0 Å². The molecule has 2 aromatic rings. The second-order valence-electron chi connectivity index (χ2n) is 12.7. The van der Waals surface area contributed by atoms with Crippen molar-refractivity contribution in [3.8, 4) is 0 Å². The van der Waals surface area contributed by atoms with Gasteiger partial charge in [0.15, 0.2) is 0 Å². The Bertz CT molecular complexity index is 1130. The second kappa shape index (κ2) is 25.7. The van der Waals surface area contributed by atoms with E-state index >= 15 is 0 Å². The SMILES string of the molecule is C/C=C(\Sc1ccc(Cl)cc1C)C(=O)NC(CC(C)C)[N-]OCCCNC.CC.CC12CCC(CC1)C2.Cc1ccccc1C.[K+].